The molecule has 0 radical (unpaired) electrons. The minimum atomic E-state index is -0.429. The van der Waals surface area contributed by atoms with Crippen molar-refractivity contribution in [2.45, 2.75) is 6.92 Å². The van der Waals surface area contributed by atoms with Crippen LogP contribution in [0, 0.1) is 6.92 Å². The summed E-state index contributed by atoms with van der Waals surface area (Å²) in [5.41, 5.74) is 0.198. The number of amides is 1. The second-order valence-corrected chi connectivity index (χ2v) is 4.49. The first-order valence-corrected chi connectivity index (χ1v) is 6.10. The van der Waals surface area contributed by atoms with E-state index in [1.807, 2.05) is 24.3 Å². The van der Waals surface area contributed by atoms with Crippen molar-refractivity contribution in [1.29, 1.82) is 0 Å². The highest BCUT2D eigenvalue weighted by atomic mass is 16.5. The molecule has 2 N–H and O–H groups in total. The Morgan fingerprint density at radius 1 is 1.20 bits per heavy atom. The summed E-state index contributed by atoms with van der Waals surface area (Å²) in [6.07, 6.45) is 0. The van der Waals surface area contributed by atoms with Crippen LogP contribution >= 0.6 is 0 Å². The first kappa shape index (κ1) is 12.2. The second kappa shape index (κ2) is 4.70. The van der Waals surface area contributed by atoms with Gasteiger partial charge in [0.25, 0.3) is 5.91 Å². The fourth-order valence-electron chi connectivity index (χ4n) is 2.02. The fourth-order valence-corrected chi connectivity index (χ4v) is 2.02. The normalized spacial score (nSPS) is 10.7. The number of fused-ring (bicyclic) bond motifs is 1. The van der Waals surface area contributed by atoms with Crippen molar-refractivity contribution in [3.8, 4) is 5.75 Å². The molecule has 0 aliphatic carbocycles. The first-order valence-electron chi connectivity index (χ1n) is 6.10. The van der Waals surface area contributed by atoms with E-state index < -0.39 is 5.91 Å². The lowest BCUT2D eigenvalue weighted by Crippen LogP contribution is -2.12. The molecule has 1 heterocycles. The highest BCUT2D eigenvalue weighted by molar-refractivity contribution is 6.08. The molecule has 0 saturated carbocycles. The number of nitrogens with zero attached hydrogens (tertiary/aromatic N) is 1. The van der Waals surface area contributed by atoms with Crippen molar-refractivity contribution in [1.82, 2.24) is 5.16 Å². The molecule has 1 amide bonds. The summed E-state index contributed by atoms with van der Waals surface area (Å²) in [6.45, 7) is 1.73. The van der Waals surface area contributed by atoms with Gasteiger partial charge < -0.3 is 14.9 Å². The molecular formula is C15H12N2O3. The van der Waals surface area contributed by atoms with Gasteiger partial charge in [-0.05, 0) is 29.8 Å². The van der Waals surface area contributed by atoms with Crippen molar-refractivity contribution in [2.75, 3.05) is 5.32 Å². The number of phenols is 1. The van der Waals surface area contributed by atoms with Gasteiger partial charge in [-0.25, -0.2) is 0 Å². The number of rotatable bonds is 2. The maximum atomic E-state index is 12.1. The molecule has 2 aromatic carbocycles. The van der Waals surface area contributed by atoms with E-state index in [1.54, 1.807) is 25.1 Å². The average Bonchev–Trinajstić information content (AvgIpc) is 2.83. The summed E-state index contributed by atoms with van der Waals surface area (Å²) in [7, 11) is 0. The summed E-state index contributed by atoms with van der Waals surface area (Å²) in [5.74, 6) is 0.422. The number of carbonyl (C=O) groups is 1. The van der Waals surface area contributed by atoms with Gasteiger partial charge in [-0.2, -0.15) is 0 Å². The summed E-state index contributed by atoms with van der Waals surface area (Å²) < 4.78 is 4.87. The molecule has 3 aromatic rings. The van der Waals surface area contributed by atoms with E-state index in [2.05, 4.69) is 10.5 Å². The van der Waals surface area contributed by atoms with Crippen molar-refractivity contribution in [2.24, 2.45) is 0 Å². The number of hydrogen-bond acceptors (Lipinski definition) is 4. The van der Waals surface area contributed by atoms with Crippen LogP contribution in [0.2, 0.25) is 0 Å². The summed E-state index contributed by atoms with van der Waals surface area (Å²) in [4.78, 5) is 12.1. The van der Waals surface area contributed by atoms with E-state index in [-0.39, 0.29) is 11.3 Å². The fraction of sp³-hybridized carbons (Fsp3) is 0.0667. The molecule has 0 spiro atoms. The van der Waals surface area contributed by atoms with E-state index in [1.165, 1.54) is 0 Å². The number of nitrogens with one attached hydrogen (secondary N) is 1. The van der Waals surface area contributed by atoms with Crippen LogP contribution in [0.4, 0.5) is 5.82 Å². The Bertz CT molecular complexity index is 793. The SMILES string of the molecule is Cc1cc(NC(=O)c2cc3ccccc3cc2O)no1. The Balaban J connectivity index is 1.96. The third kappa shape index (κ3) is 2.21. The lowest BCUT2D eigenvalue weighted by molar-refractivity contribution is 0.102. The zero-order valence-corrected chi connectivity index (χ0v) is 10.8. The van der Waals surface area contributed by atoms with Gasteiger partial charge in [0, 0.05) is 6.07 Å². The number of aryl methyl sites for hydroxylation is 1. The smallest absolute Gasteiger partial charge is 0.260 e. The lowest BCUT2D eigenvalue weighted by atomic mass is 10.1. The van der Waals surface area contributed by atoms with E-state index in [0.29, 0.717) is 11.6 Å². The number of anilines is 1. The van der Waals surface area contributed by atoms with Crippen LogP contribution in [-0.2, 0) is 0 Å². The van der Waals surface area contributed by atoms with Crippen LogP contribution in [0.25, 0.3) is 10.8 Å². The van der Waals surface area contributed by atoms with Crippen LogP contribution in [0.1, 0.15) is 16.1 Å². The molecule has 20 heavy (non-hydrogen) atoms. The maximum absolute atomic E-state index is 12.1. The van der Waals surface area contributed by atoms with Gasteiger partial charge in [0.05, 0.1) is 5.56 Å². The topological polar surface area (TPSA) is 75.4 Å². The molecule has 0 unspecified atom stereocenters. The third-order valence-corrected chi connectivity index (χ3v) is 2.98. The van der Waals surface area contributed by atoms with Crippen LogP contribution in [0.3, 0.4) is 0 Å². The standard InChI is InChI=1S/C15H12N2O3/c1-9-6-14(17-20-9)16-15(19)12-7-10-4-2-3-5-11(10)8-13(12)18/h2-8,18H,1H3,(H,16,17,19). The monoisotopic (exact) mass is 268 g/mol. The van der Waals surface area contributed by atoms with Crippen LogP contribution in [0.5, 0.6) is 5.75 Å². The largest absolute Gasteiger partial charge is 0.507 e. The third-order valence-electron chi connectivity index (χ3n) is 2.98. The van der Waals surface area contributed by atoms with Crippen molar-refractivity contribution in [3.05, 3.63) is 53.8 Å². The molecule has 100 valence electrons. The Labute approximate surface area is 114 Å². The molecule has 0 aliphatic heterocycles. The summed E-state index contributed by atoms with van der Waals surface area (Å²) in [5, 5.41) is 18.0. The number of benzene rings is 2. The second-order valence-electron chi connectivity index (χ2n) is 4.49. The highest BCUT2D eigenvalue weighted by Crippen LogP contribution is 2.25. The van der Waals surface area contributed by atoms with Crippen molar-refractivity contribution < 1.29 is 14.4 Å². The minimum Gasteiger partial charge on any atom is -0.507 e. The molecular weight excluding hydrogens is 256 g/mol. The van der Waals surface area contributed by atoms with Crippen LogP contribution < -0.4 is 5.32 Å². The molecule has 0 saturated heterocycles. The predicted molar refractivity (Wildman–Crippen MR) is 74.8 cm³/mol. The van der Waals surface area contributed by atoms with E-state index in [4.69, 9.17) is 4.52 Å². The lowest BCUT2D eigenvalue weighted by Gasteiger charge is -2.06. The van der Waals surface area contributed by atoms with Gasteiger partial charge >= 0.3 is 0 Å². The number of phenolic OH excluding ortho intramolecular Hbond substituents is 1. The first-order chi connectivity index (χ1) is 9.63. The number of hydrogen-bond donors (Lipinski definition) is 2. The molecule has 1 aromatic heterocycles. The van der Waals surface area contributed by atoms with E-state index >= 15 is 0 Å². The minimum absolute atomic E-state index is 0.0681. The number of aromatic hydroxyl groups is 1. The Kier molecular flexibility index (Phi) is 2.87. The van der Waals surface area contributed by atoms with Crippen molar-refractivity contribution in [3.63, 3.8) is 0 Å². The number of carbonyl (C=O) groups excluding carboxylic acids is 1. The Hall–Kier alpha value is -2.82. The van der Waals surface area contributed by atoms with Crippen molar-refractivity contribution >= 4 is 22.5 Å². The van der Waals surface area contributed by atoms with Crippen LogP contribution in [-0.4, -0.2) is 16.2 Å². The maximum Gasteiger partial charge on any atom is 0.260 e. The van der Waals surface area contributed by atoms with Crippen LogP contribution in [0.15, 0.2) is 47.0 Å². The van der Waals surface area contributed by atoms with Gasteiger partial charge in [-0.1, -0.05) is 29.4 Å². The molecule has 0 fully saturated rings. The van der Waals surface area contributed by atoms with Gasteiger partial charge in [0.1, 0.15) is 11.5 Å². The molecule has 0 atom stereocenters. The Morgan fingerprint density at radius 2 is 1.90 bits per heavy atom. The zero-order chi connectivity index (χ0) is 14.1. The van der Waals surface area contributed by atoms with E-state index in [0.717, 1.165) is 10.8 Å². The van der Waals surface area contributed by atoms with Gasteiger partial charge in [0.15, 0.2) is 5.82 Å². The summed E-state index contributed by atoms with van der Waals surface area (Å²) in [6, 6.07) is 12.3. The highest BCUT2D eigenvalue weighted by Gasteiger charge is 2.14. The van der Waals surface area contributed by atoms with E-state index in [9.17, 15) is 9.90 Å². The van der Waals surface area contributed by atoms with Gasteiger partial charge in [-0.3, -0.25) is 4.79 Å². The number of aromatic nitrogens is 1. The molecule has 0 aliphatic rings. The summed E-state index contributed by atoms with van der Waals surface area (Å²) >= 11 is 0. The zero-order valence-electron chi connectivity index (χ0n) is 10.8. The Morgan fingerprint density at radius 3 is 2.55 bits per heavy atom. The quantitative estimate of drug-likeness (QED) is 0.748. The van der Waals surface area contributed by atoms with Gasteiger partial charge in [-0.15, -0.1) is 0 Å². The van der Waals surface area contributed by atoms with Gasteiger partial charge in [0.2, 0.25) is 0 Å². The molecule has 3 rings (SSSR count). The molecule has 5 nitrogen and oxygen atoms in total. The predicted octanol–water partition coefficient (Wildman–Crippen LogP) is 3.09. The molecule has 5 heteroatoms. The molecule has 0 bridgehead atoms. The average molecular weight is 268 g/mol.